The first kappa shape index (κ1) is 12.6. The van der Waals surface area contributed by atoms with Gasteiger partial charge >= 0.3 is 0 Å². The Bertz CT molecular complexity index is 327. The highest BCUT2D eigenvalue weighted by Crippen LogP contribution is 2.27. The predicted molar refractivity (Wildman–Crippen MR) is 74.3 cm³/mol. The van der Waals surface area contributed by atoms with E-state index in [1.54, 1.807) is 0 Å². The molecule has 1 heteroatoms. The molecule has 1 heterocycles. The molecule has 0 saturated carbocycles. The lowest BCUT2D eigenvalue weighted by molar-refractivity contribution is 0.0769. The van der Waals surface area contributed by atoms with Gasteiger partial charge in [-0.2, -0.15) is 0 Å². The van der Waals surface area contributed by atoms with Gasteiger partial charge in [0.2, 0.25) is 0 Å². The molecule has 1 unspecified atom stereocenters. The third-order valence-electron chi connectivity index (χ3n) is 4.31. The van der Waals surface area contributed by atoms with Gasteiger partial charge in [-0.1, -0.05) is 43.7 Å². The summed E-state index contributed by atoms with van der Waals surface area (Å²) in [4.78, 5) is 2.71. The highest BCUT2D eigenvalue weighted by molar-refractivity contribution is 5.17. The molecule has 17 heavy (non-hydrogen) atoms. The maximum Gasteiger partial charge on any atom is 0.0219 e. The smallest absolute Gasteiger partial charge is 0.0219 e. The highest BCUT2D eigenvalue weighted by atomic mass is 15.2. The Morgan fingerprint density at radius 3 is 2.29 bits per heavy atom. The third kappa shape index (κ3) is 3.10. The van der Waals surface area contributed by atoms with Crippen LogP contribution >= 0.6 is 0 Å². The monoisotopic (exact) mass is 231 g/mol. The second-order valence-electron chi connectivity index (χ2n) is 5.56. The van der Waals surface area contributed by atoms with Crippen molar-refractivity contribution in [2.24, 2.45) is 0 Å². The maximum absolute atomic E-state index is 2.71. The van der Waals surface area contributed by atoms with E-state index >= 15 is 0 Å². The molecular formula is C16H25N. The Kier molecular flexibility index (Phi) is 4.22. The molecular weight excluding hydrogens is 206 g/mol. The lowest BCUT2D eigenvalue weighted by atomic mass is 9.87. The van der Waals surface area contributed by atoms with Crippen LogP contribution in [0.4, 0.5) is 0 Å². The third-order valence-corrected chi connectivity index (χ3v) is 4.31. The summed E-state index contributed by atoms with van der Waals surface area (Å²) in [6.45, 7) is 7.34. The zero-order valence-corrected chi connectivity index (χ0v) is 11.3. The summed E-state index contributed by atoms with van der Waals surface area (Å²) in [6, 6.07) is 10.9. The summed E-state index contributed by atoms with van der Waals surface area (Å²) < 4.78 is 0. The number of nitrogens with zero attached hydrogens (tertiary/aromatic N) is 1. The fourth-order valence-corrected chi connectivity index (χ4v) is 2.93. The summed E-state index contributed by atoms with van der Waals surface area (Å²) in [6.07, 6.45) is 6.60. The van der Waals surface area contributed by atoms with Gasteiger partial charge in [0.1, 0.15) is 0 Å². The minimum atomic E-state index is 0.349. The summed E-state index contributed by atoms with van der Waals surface area (Å²) in [5, 5.41) is 0. The van der Waals surface area contributed by atoms with Crippen molar-refractivity contribution in [1.29, 1.82) is 0 Å². The normalized spacial score (nSPS) is 21.1. The average molecular weight is 231 g/mol. The number of piperidine rings is 1. The summed E-state index contributed by atoms with van der Waals surface area (Å²) >= 11 is 0. The van der Waals surface area contributed by atoms with E-state index in [9.17, 15) is 0 Å². The molecule has 1 aliphatic heterocycles. The molecule has 1 atom stereocenters. The average Bonchev–Trinajstić information content (AvgIpc) is 2.41. The van der Waals surface area contributed by atoms with Crippen molar-refractivity contribution in [3.63, 3.8) is 0 Å². The quantitative estimate of drug-likeness (QED) is 0.760. The van der Waals surface area contributed by atoms with Crippen LogP contribution in [0, 0.1) is 0 Å². The number of likely N-dealkylation sites (tertiary alicyclic amines) is 1. The molecule has 1 fully saturated rings. The summed E-state index contributed by atoms with van der Waals surface area (Å²) in [5.41, 5.74) is 1.82. The van der Waals surface area contributed by atoms with Crippen LogP contribution in [0.1, 0.15) is 45.1 Å². The molecule has 1 saturated heterocycles. The predicted octanol–water partition coefficient (Wildman–Crippen LogP) is 3.88. The second kappa shape index (κ2) is 5.68. The van der Waals surface area contributed by atoms with Crippen molar-refractivity contribution in [3.05, 3.63) is 35.9 Å². The minimum absolute atomic E-state index is 0.349. The Morgan fingerprint density at radius 1 is 1.06 bits per heavy atom. The van der Waals surface area contributed by atoms with Crippen LogP contribution in [0.15, 0.2) is 30.3 Å². The van der Waals surface area contributed by atoms with E-state index in [-0.39, 0.29) is 0 Å². The molecule has 0 bridgehead atoms. The van der Waals surface area contributed by atoms with Crippen LogP contribution in [0.3, 0.4) is 0 Å². The van der Waals surface area contributed by atoms with Gasteiger partial charge in [0, 0.05) is 5.54 Å². The first-order valence-corrected chi connectivity index (χ1v) is 7.03. The number of rotatable bonds is 4. The van der Waals surface area contributed by atoms with E-state index in [1.165, 1.54) is 50.8 Å². The van der Waals surface area contributed by atoms with Gasteiger partial charge in [0.15, 0.2) is 0 Å². The van der Waals surface area contributed by atoms with E-state index in [4.69, 9.17) is 0 Å². The Balaban J connectivity index is 2.07. The van der Waals surface area contributed by atoms with Crippen molar-refractivity contribution in [2.45, 2.75) is 51.5 Å². The van der Waals surface area contributed by atoms with Crippen molar-refractivity contribution in [3.8, 4) is 0 Å². The van der Waals surface area contributed by atoms with Crippen molar-refractivity contribution < 1.29 is 0 Å². The van der Waals surface area contributed by atoms with Crippen LogP contribution in [0.25, 0.3) is 0 Å². The standard InChI is InChI=1S/C16H25N/c1-3-16(2,17-12-8-5-9-13-17)14-15-10-6-4-7-11-15/h4,6-7,10-11H,3,5,8-9,12-14H2,1-2H3. The first-order chi connectivity index (χ1) is 8.24. The van der Waals surface area contributed by atoms with Gasteiger partial charge in [-0.15, -0.1) is 0 Å². The van der Waals surface area contributed by atoms with Crippen molar-refractivity contribution in [2.75, 3.05) is 13.1 Å². The zero-order valence-electron chi connectivity index (χ0n) is 11.3. The topological polar surface area (TPSA) is 3.24 Å². The van der Waals surface area contributed by atoms with Crippen molar-refractivity contribution >= 4 is 0 Å². The van der Waals surface area contributed by atoms with Gasteiger partial charge in [-0.25, -0.2) is 0 Å². The van der Waals surface area contributed by atoms with E-state index in [0.717, 1.165) is 0 Å². The summed E-state index contributed by atoms with van der Waals surface area (Å²) in [5.74, 6) is 0. The Labute approximate surface area is 106 Å². The summed E-state index contributed by atoms with van der Waals surface area (Å²) in [7, 11) is 0. The molecule has 0 spiro atoms. The molecule has 2 rings (SSSR count). The van der Waals surface area contributed by atoms with E-state index < -0.39 is 0 Å². The van der Waals surface area contributed by atoms with Crippen LogP contribution in [0.5, 0.6) is 0 Å². The molecule has 0 aromatic heterocycles. The number of hydrogen-bond acceptors (Lipinski definition) is 1. The highest BCUT2D eigenvalue weighted by Gasteiger charge is 2.30. The largest absolute Gasteiger partial charge is 0.298 e. The molecule has 1 aromatic rings. The van der Waals surface area contributed by atoms with Gasteiger partial charge in [0.25, 0.3) is 0 Å². The fraction of sp³-hybridized carbons (Fsp3) is 0.625. The van der Waals surface area contributed by atoms with Crippen LogP contribution in [-0.4, -0.2) is 23.5 Å². The number of hydrogen-bond donors (Lipinski definition) is 0. The molecule has 0 amide bonds. The molecule has 1 aromatic carbocycles. The van der Waals surface area contributed by atoms with Gasteiger partial charge < -0.3 is 0 Å². The first-order valence-electron chi connectivity index (χ1n) is 7.03. The van der Waals surface area contributed by atoms with Crippen LogP contribution in [-0.2, 0) is 6.42 Å². The SMILES string of the molecule is CCC(C)(Cc1ccccc1)N1CCCCC1. The van der Waals surface area contributed by atoms with Gasteiger partial charge in [0.05, 0.1) is 0 Å². The molecule has 0 aliphatic carbocycles. The molecule has 0 N–H and O–H groups in total. The van der Waals surface area contributed by atoms with Crippen LogP contribution < -0.4 is 0 Å². The fourth-order valence-electron chi connectivity index (χ4n) is 2.93. The van der Waals surface area contributed by atoms with E-state index in [2.05, 4.69) is 49.1 Å². The molecule has 1 aliphatic rings. The number of benzene rings is 1. The van der Waals surface area contributed by atoms with Crippen LogP contribution in [0.2, 0.25) is 0 Å². The van der Waals surface area contributed by atoms with Gasteiger partial charge in [-0.3, -0.25) is 4.90 Å². The maximum atomic E-state index is 2.71. The Morgan fingerprint density at radius 2 is 1.71 bits per heavy atom. The van der Waals surface area contributed by atoms with E-state index in [0.29, 0.717) is 5.54 Å². The lowest BCUT2D eigenvalue weighted by Crippen LogP contribution is -2.49. The zero-order chi connectivity index (χ0) is 12.1. The minimum Gasteiger partial charge on any atom is -0.298 e. The molecule has 1 nitrogen and oxygen atoms in total. The van der Waals surface area contributed by atoms with Gasteiger partial charge in [-0.05, 0) is 51.3 Å². The van der Waals surface area contributed by atoms with E-state index in [1.807, 2.05) is 0 Å². The molecule has 94 valence electrons. The second-order valence-corrected chi connectivity index (χ2v) is 5.56. The van der Waals surface area contributed by atoms with Crippen molar-refractivity contribution in [1.82, 2.24) is 4.90 Å². The Hall–Kier alpha value is -0.820. The lowest BCUT2D eigenvalue weighted by Gasteiger charge is -2.43. The molecule has 0 radical (unpaired) electrons.